The minimum absolute atomic E-state index is 0.0949. The van der Waals surface area contributed by atoms with Crippen LogP contribution in [-0.4, -0.2) is 37.2 Å². The van der Waals surface area contributed by atoms with Crippen LogP contribution in [-0.2, 0) is 26.9 Å². The first-order chi connectivity index (χ1) is 15.9. The molecular formula is C24H23N3O4S2. The molecule has 2 aromatic heterocycles. The maximum atomic E-state index is 13.2. The predicted octanol–water partition coefficient (Wildman–Crippen LogP) is 4.24. The number of hydrogen-bond acceptors (Lipinski definition) is 7. The number of nitrogens with zero attached hydrogens (tertiary/aromatic N) is 3. The van der Waals surface area contributed by atoms with E-state index in [1.807, 2.05) is 36.4 Å². The summed E-state index contributed by atoms with van der Waals surface area (Å²) in [5.41, 5.74) is 2.11. The molecule has 9 heteroatoms. The summed E-state index contributed by atoms with van der Waals surface area (Å²) in [6, 6.07) is 20.0. The van der Waals surface area contributed by atoms with Crippen LogP contribution >= 0.6 is 11.3 Å². The number of rotatable bonds is 9. The van der Waals surface area contributed by atoms with Gasteiger partial charge in [0.15, 0.2) is 15.0 Å². The van der Waals surface area contributed by atoms with Gasteiger partial charge in [-0.3, -0.25) is 14.7 Å². The van der Waals surface area contributed by atoms with Crippen molar-refractivity contribution in [3.05, 3.63) is 84.2 Å². The van der Waals surface area contributed by atoms with E-state index in [1.165, 1.54) is 16.2 Å². The SMILES string of the molecule is COc1ccc2sc(N(Cc3ccccn3)C(=O)CCS(=O)(=O)Cc3ccccc3)nc2c1. The number of pyridine rings is 1. The third kappa shape index (κ3) is 5.94. The Morgan fingerprint density at radius 3 is 2.58 bits per heavy atom. The Morgan fingerprint density at radius 2 is 1.85 bits per heavy atom. The van der Waals surface area contributed by atoms with Gasteiger partial charge in [0.25, 0.3) is 0 Å². The first-order valence-corrected chi connectivity index (χ1v) is 13.0. The minimum Gasteiger partial charge on any atom is -0.497 e. The van der Waals surface area contributed by atoms with E-state index in [9.17, 15) is 13.2 Å². The molecule has 2 aromatic carbocycles. The zero-order valence-electron chi connectivity index (χ0n) is 18.0. The molecular weight excluding hydrogens is 458 g/mol. The first kappa shape index (κ1) is 22.9. The molecule has 0 radical (unpaired) electrons. The average Bonchev–Trinajstić information content (AvgIpc) is 3.25. The molecule has 4 aromatic rings. The summed E-state index contributed by atoms with van der Waals surface area (Å²) >= 11 is 1.37. The number of methoxy groups -OCH3 is 1. The second-order valence-corrected chi connectivity index (χ2v) is 10.7. The molecule has 0 N–H and O–H groups in total. The molecule has 0 unspecified atom stereocenters. The molecule has 0 aliphatic carbocycles. The van der Waals surface area contributed by atoms with Crippen molar-refractivity contribution in [3.8, 4) is 5.75 Å². The molecule has 1 amide bonds. The lowest BCUT2D eigenvalue weighted by atomic mass is 10.2. The molecule has 0 saturated carbocycles. The van der Waals surface area contributed by atoms with Gasteiger partial charge in [0, 0.05) is 18.7 Å². The van der Waals surface area contributed by atoms with E-state index in [4.69, 9.17) is 4.74 Å². The van der Waals surface area contributed by atoms with Crippen LogP contribution in [0, 0.1) is 0 Å². The highest BCUT2D eigenvalue weighted by atomic mass is 32.2. The second-order valence-electron chi connectivity index (χ2n) is 7.46. The van der Waals surface area contributed by atoms with Gasteiger partial charge in [0.05, 0.1) is 41.1 Å². The molecule has 0 atom stereocenters. The van der Waals surface area contributed by atoms with Crippen LogP contribution in [0.15, 0.2) is 72.9 Å². The maximum absolute atomic E-state index is 13.2. The Bertz CT molecular complexity index is 1340. The van der Waals surface area contributed by atoms with E-state index in [0.29, 0.717) is 27.7 Å². The number of anilines is 1. The highest BCUT2D eigenvalue weighted by molar-refractivity contribution is 7.90. The molecule has 7 nitrogen and oxygen atoms in total. The Hall–Kier alpha value is -3.30. The third-order valence-corrected chi connectivity index (χ3v) is 7.68. The van der Waals surface area contributed by atoms with Crippen molar-refractivity contribution in [1.82, 2.24) is 9.97 Å². The topological polar surface area (TPSA) is 89.5 Å². The second kappa shape index (κ2) is 10.1. The molecule has 4 rings (SSSR count). The zero-order valence-corrected chi connectivity index (χ0v) is 19.7. The van der Waals surface area contributed by atoms with Gasteiger partial charge in [-0.25, -0.2) is 13.4 Å². The highest BCUT2D eigenvalue weighted by Gasteiger charge is 2.23. The van der Waals surface area contributed by atoms with Crippen LogP contribution in [0.3, 0.4) is 0 Å². The van der Waals surface area contributed by atoms with Crippen molar-refractivity contribution < 1.29 is 17.9 Å². The van der Waals surface area contributed by atoms with Gasteiger partial charge in [0.2, 0.25) is 5.91 Å². The number of ether oxygens (including phenoxy) is 1. The summed E-state index contributed by atoms with van der Waals surface area (Å²) in [5.74, 6) is 0.0257. The smallest absolute Gasteiger partial charge is 0.230 e. The largest absolute Gasteiger partial charge is 0.497 e. The van der Waals surface area contributed by atoms with Crippen molar-refractivity contribution >= 4 is 42.4 Å². The molecule has 0 aliphatic heterocycles. The molecule has 0 aliphatic rings. The number of carbonyl (C=O) groups is 1. The molecule has 0 spiro atoms. The number of hydrogen-bond donors (Lipinski definition) is 0. The Morgan fingerprint density at radius 1 is 1.06 bits per heavy atom. The number of aromatic nitrogens is 2. The highest BCUT2D eigenvalue weighted by Crippen LogP contribution is 2.32. The monoisotopic (exact) mass is 481 g/mol. The zero-order chi connectivity index (χ0) is 23.3. The summed E-state index contributed by atoms with van der Waals surface area (Å²) in [4.78, 5) is 23.7. The molecule has 0 bridgehead atoms. The fraction of sp³-hybridized carbons (Fsp3) is 0.208. The summed E-state index contributed by atoms with van der Waals surface area (Å²) < 4.78 is 31.4. The number of sulfone groups is 1. The summed E-state index contributed by atoms with van der Waals surface area (Å²) in [6.45, 7) is 0.204. The van der Waals surface area contributed by atoms with E-state index >= 15 is 0 Å². The molecule has 33 heavy (non-hydrogen) atoms. The molecule has 170 valence electrons. The van der Waals surface area contributed by atoms with Crippen LogP contribution in [0.25, 0.3) is 10.2 Å². The molecule has 0 fully saturated rings. The lowest BCUT2D eigenvalue weighted by molar-refractivity contribution is -0.118. The number of benzene rings is 2. The average molecular weight is 482 g/mol. The Labute approximate surface area is 196 Å². The molecule has 2 heterocycles. The fourth-order valence-corrected chi connectivity index (χ4v) is 5.62. The summed E-state index contributed by atoms with van der Waals surface area (Å²) in [6.07, 6.45) is 1.52. The fourth-order valence-electron chi connectivity index (χ4n) is 3.33. The first-order valence-electron chi connectivity index (χ1n) is 10.3. The van der Waals surface area contributed by atoms with Crippen LogP contribution in [0.4, 0.5) is 5.13 Å². The van der Waals surface area contributed by atoms with Gasteiger partial charge in [-0.15, -0.1) is 0 Å². The number of fused-ring (bicyclic) bond motifs is 1. The maximum Gasteiger partial charge on any atom is 0.230 e. The number of carbonyl (C=O) groups excluding carboxylic acids is 1. The lowest BCUT2D eigenvalue weighted by Crippen LogP contribution is -2.32. The Balaban J connectivity index is 1.56. The van der Waals surface area contributed by atoms with E-state index in [2.05, 4.69) is 9.97 Å². The van der Waals surface area contributed by atoms with Gasteiger partial charge in [-0.1, -0.05) is 47.7 Å². The van der Waals surface area contributed by atoms with Crippen molar-refractivity contribution in [2.45, 2.75) is 18.7 Å². The minimum atomic E-state index is -3.45. The molecule has 0 saturated heterocycles. The van der Waals surface area contributed by atoms with E-state index in [1.54, 1.807) is 43.6 Å². The Kier molecular flexibility index (Phi) is 7.00. The van der Waals surface area contributed by atoms with Gasteiger partial charge < -0.3 is 4.74 Å². The predicted molar refractivity (Wildman–Crippen MR) is 130 cm³/mol. The van der Waals surface area contributed by atoms with Gasteiger partial charge >= 0.3 is 0 Å². The van der Waals surface area contributed by atoms with Gasteiger partial charge in [-0.2, -0.15) is 0 Å². The van der Waals surface area contributed by atoms with Crippen LogP contribution < -0.4 is 9.64 Å². The van der Waals surface area contributed by atoms with Gasteiger partial charge in [0.1, 0.15) is 5.75 Å². The van der Waals surface area contributed by atoms with Gasteiger partial charge in [-0.05, 0) is 29.8 Å². The summed E-state index contributed by atoms with van der Waals surface area (Å²) in [5, 5.41) is 0.495. The van der Waals surface area contributed by atoms with E-state index < -0.39 is 9.84 Å². The van der Waals surface area contributed by atoms with E-state index in [-0.39, 0.29) is 30.4 Å². The van der Waals surface area contributed by atoms with Crippen LogP contribution in [0.2, 0.25) is 0 Å². The normalized spacial score (nSPS) is 11.4. The lowest BCUT2D eigenvalue weighted by Gasteiger charge is -2.19. The van der Waals surface area contributed by atoms with Crippen LogP contribution in [0.5, 0.6) is 5.75 Å². The van der Waals surface area contributed by atoms with Crippen molar-refractivity contribution in [2.24, 2.45) is 0 Å². The third-order valence-electron chi connectivity index (χ3n) is 5.02. The van der Waals surface area contributed by atoms with Crippen LogP contribution in [0.1, 0.15) is 17.7 Å². The number of amides is 1. The number of thiazole rings is 1. The van der Waals surface area contributed by atoms with Crippen molar-refractivity contribution in [1.29, 1.82) is 0 Å². The van der Waals surface area contributed by atoms with E-state index in [0.717, 1.165) is 4.70 Å². The van der Waals surface area contributed by atoms with Crippen molar-refractivity contribution in [2.75, 3.05) is 17.8 Å². The quantitative estimate of drug-likeness (QED) is 0.355. The van der Waals surface area contributed by atoms with Crippen molar-refractivity contribution in [3.63, 3.8) is 0 Å². The summed E-state index contributed by atoms with van der Waals surface area (Å²) in [7, 11) is -1.86. The standard InChI is InChI=1S/C24H23N3O4S2/c1-31-20-10-11-22-21(15-20)26-24(32-22)27(16-19-9-5-6-13-25-19)23(28)12-14-33(29,30)17-18-7-3-2-4-8-18/h2-11,13,15H,12,14,16-17H2,1H3.